The van der Waals surface area contributed by atoms with Crippen molar-refractivity contribution >= 4 is 0 Å². The lowest BCUT2D eigenvalue weighted by molar-refractivity contribution is 0.198. The van der Waals surface area contributed by atoms with Crippen LogP contribution in [0.4, 0.5) is 0 Å². The van der Waals surface area contributed by atoms with E-state index in [1.54, 1.807) is 43.9 Å². The molecule has 2 rings (SSSR count). The van der Waals surface area contributed by atoms with Crippen LogP contribution in [0.2, 0.25) is 0 Å². The monoisotopic (exact) mass is 266 g/mol. The molecular weight excluding hydrogens is 248 g/mol. The average molecular weight is 266 g/mol. The van der Waals surface area contributed by atoms with Gasteiger partial charge in [0.1, 0.15) is 11.8 Å². The summed E-state index contributed by atoms with van der Waals surface area (Å²) in [6, 6.07) is 0. The summed E-state index contributed by atoms with van der Waals surface area (Å²) in [6.45, 7) is 1.82. The SMILES string of the molecule is COc1cnn(C)c1C(O)c1c(C)nn(C)c1OC. The van der Waals surface area contributed by atoms with Crippen molar-refractivity contribution < 1.29 is 14.6 Å². The Labute approximate surface area is 111 Å². The van der Waals surface area contributed by atoms with Crippen molar-refractivity contribution in [1.82, 2.24) is 19.6 Å². The molecule has 1 unspecified atom stereocenters. The molecule has 0 aliphatic heterocycles. The van der Waals surface area contributed by atoms with Crippen LogP contribution in [0.5, 0.6) is 11.6 Å². The smallest absolute Gasteiger partial charge is 0.217 e. The lowest BCUT2D eigenvalue weighted by Gasteiger charge is -2.14. The van der Waals surface area contributed by atoms with Crippen LogP contribution in [-0.2, 0) is 14.1 Å². The first kappa shape index (κ1) is 13.4. The Morgan fingerprint density at radius 2 is 1.89 bits per heavy atom. The summed E-state index contributed by atoms with van der Waals surface area (Å²) in [6.07, 6.45) is 0.655. The molecule has 0 aliphatic rings. The van der Waals surface area contributed by atoms with E-state index in [2.05, 4.69) is 10.2 Å². The standard InChI is InChI=1S/C12H18N4O3/c1-7-9(12(19-5)16(3)14-7)11(17)10-8(18-4)6-13-15(10)2/h6,11,17H,1-5H3. The van der Waals surface area contributed by atoms with Crippen LogP contribution in [0.1, 0.15) is 23.1 Å². The fraction of sp³-hybridized carbons (Fsp3) is 0.500. The van der Waals surface area contributed by atoms with Gasteiger partial charge in [-0.25, -0.2) is 4.68 Å². The molecule has 0 saturated heterocycles. The number of aliphatic hydroxyl groups excluding tert-OH is 1. The minimum atomic E-state index is -0.911. The summed E-state index contributed by atoms with van der Waals surface area (Å²) in [5.74, 6) is 1.05. The molecule has 2 aromatic rings. The molecule has 0 spiro atoms. The summed E-state index contributed by atoms with van der Waals surface area (Å²) >= 11 is 0. The molecule has 0 bridgehead atoms. The summed E-state index contributed by atoms with van der Waals surface area (Å²) in [7, 11) is 6.61. The second-order valence-corrected chi connectivity index (χ2v) is 4.26. The lowest BCUT2D eigenvalue weighted by atomic mass is 10.1. The van der Waals surface area contributed by atoms with Crippen LogP contribution in [0.25, 0.3) is 0 Å². The largest absolute Gasteiger partial charge is 0.493 e. The highest BCUT2D eigenvalue weighted by Crippen LogP contribution is 2.35. The van der Waals surface area contributed by atoms with Gasteiger partial charge in [0, 0.05) is 14.1 Å². The fourth-order valence-electron chi connectivity index (χ4n) is 2.24. The molecule has 1 atom stereocenters. The molecule has 0 radical (unpaired) electrons. The maximum Gasteiger partial charge on any atom is 0.217 e. The van der Waals surface area contributed by atoms with Gasteiger partial charge in [0.05, 0.1) is 31.7 Å². The Hall–Kier alpha value is -2.02. The average Bonchev–Trinajstić information content (AvgIpc) is 2.88. The zero-order valence-corrected chi connectivity index (χ0v) is 11.7. The molecule has 0 saturated carbocycles. The number of methoxy groups -OCH3 is 2. The van der Waals surface area contributed by atoms with E-state index in [0.29, 0.717) is 28.6 Å². The van der Waals surface area contributed by atoms with Crippen molar-refractivity contribution in [3.8, 4) is 11.6 Å². The van der Waals surface area contributed by atoms with Crippen LogP contribution < -0.4 is 9.47 Å². The highest BCUT2D eigenvalue weighted by molar-refractivity contribution is 5.41. The van der Waals surface area contributed by atoms with Crippen molar-refractivity contribution in [3.63, 3.8) is 0 Å². The Morgan fingerprint density at radius 3 is 2.47 bits per heavy atom. The Balaban J connectivity index is 2.55. The van der Waals surface area contributed by atoms with Gasteiger partial charge < -0.3 is 14.6 Å². The molecule has 19 heavy (non-hydrogen) atoms. The van der Waals surface area contributed by atoms with Crippen molar-refractivity contribution in [2.24, 2.45) is 14.1 Å². The van der Waals surface area contributed by atoms with Gasteiger partial charge in [-0.1, -0.05) is 0 Å². The highest BCUT2D eigenvalue weighted by Gasteiger charge is 2.28. The van der Waals surface area contributed by atoms with E-state index in [1.807, 2.05) is 6.92 Å². The van der Waals surface area contributed by atoms with Gasteiger partial charge in [0.25, 0.3) is 0 Å². The number of aliphatic hydroxyl groups is 1. The molecule has 1 N–H and O–H groups in total. The maximum absolute atomic E-state index is 10.6. The highest BCUT2D eigenvalue weighted by atomic mass is 16.5. The van der Waals surface area contributed by atoms with Crippen molar-refractivity contribution in [1.29, 1.82) is 0 Å². The normalized spacial score (nSPS) is 12.5. The number of hydrogen-bond donors (Lipinski definition) is 1. The summed E-state index contributed by atoms with van der Waals surface area (Å²) in [4.78, 5) is 0. The third-order valence-electron chi connectivity index (χ3n) is 3.11. The number of aromatic nitrogens is 4. The predicted octanol–water partition coefficient (Wildman–Crippen LogP) is 0.561. The van der Waals surface area contributed by atoms with Crippen LogP contribution in [0.15, 0.2) is 6.20 Å². The van der Waals surface area contributed by atoms with E-state index in [1.165, 1.54) is 0 Å². The van der Waals surface area contributed by atoms with Crippen molar-refractivity contribution in [2.75, 3.05) is 14.2 Å². The molecule has 104 valence electrons. The Kier molecular flexibility index (Phi) is 3.48. The zero-order valence-electron chi connectivity index (χ0n) is 11.7. The quantitative estimate of drug-likeness (QED) is 0.875. The molecular formula is C12H18N4O3. The number of rotatable bonds is 4. The van der Waals surface area contributed by atoms with E-state index in [4.69, 9.17) is 9.47 Å². The zero-order chi connectivity index (χ0) is 14.2. The second-order valence-electron chi connectivity index (χ2n) is 4.26. The molecule has 0 aliphatic carbocycles. The molecule has 0 amide bonds. The topological polar surface area (TPSA) is 74.3 Å². The van der Waals surface area contributed by atoms with Gasteiger partial charge in [0.2, 0.25) is 5.88 Å². The summed E-state index contributed by atoms with van der Waals surface area (Å²) in [5, 5.41) is 19.0. The number of nitrogens with zero attached hydrogens (tertiary/aromatic N) is 4. The third-order valence-corrected chi connectivity index (χ3v) is 3.11. The van der Waals surface area contributed by atoms with E-state index in [9.17, 15) is 5.11 Å². The molecule has 7 nitrogen and oxygen atoms in total. The molecule has 0 fully saturated rings. The van der Waals surface area contributed by atoms with Crippen LogP contribution in [0, 0.1) is 6.92 Å². The minimum Gasteiger partial charge on any atom is -0.493 e. The third kappa shape index (κ3) is 2.06. The number of aryl methyl sites for hydroxylation is 3. The Morgan fingerprint density at radius 1 is 1.21 bits per heavy atom. The van der Waals surface area contributed by atoms with Gasteiger partial charge in [0.15, 0.2) is 5.75 Å². The number of hydrogen-bond acceptors (Lipinski definition) is 5. The van der Waals surface area contributed by atoms with Gasteiger partial charge in [-0.05, 0) is 6.92 Å². The van der Waals surface area contributed by atoms with Crippen molar-refractivity contribution in [3.05, 3.63) is 23.1 Å². The van der Waals surface area contributed by atoms with Gasteiger partial charge in [-0.15, -0.1) is 0 Å². The maximum atomic E-state index is 10.6. The summed E-state index contributed by atoms with van der Waals surface area (Å²) < 4.78 is 13.7. The fourth-order valence-corrected chi connectivity index (χ4v) is 2.24. The molecule has 0 aromatic carbocycles. The van der Waals surface area contributed by atoms with Crippen molar-refractivity contribution in [2.45, 2.75) is 13.0 Å². The van der Waals surface area contributed by atoms with Gasteiger partial charge >= 0.3 is 0 Å². The minimum absolute atomic E-state index is 0.522. The first-order chi connectivity index (χ1) is 9.01. The van der Waals surface area contributed by atoms with E-state index in [0.717, 1.165) is 0 Å². The molecule has 2 heterocycles. The van der Waals surface area contributed by atoms with Gasteiger partial charge in [-0.3, -0.25) is 4.68 Å². The van der Waals surface area contributed by atoms with E-state index >= 15 is 0 Å². The second kappa shape index (κ2) is 4.93. The molecule has 7 heteroatoms. The Bertz CT molecular complexity index is 588. The predicted molar refractivity (Wildman–Crippen MR) is 68.3 cm³/mol. The van der Waals surface area contributed by atoms with E-state index < -0.39 is 6.10 Å². The van der Waals surface area contributed by atoms with Crippen LogP contribution >= 0.6 is 0 Å². The van der Waals surface area contributed by atoms with Crippen LogP contribution in [0.3, 0.4) is 0 Å². The van der Waals surface area contributed by atoms with Gasteiger partial charge in [-0.2, -0.15) is 10.2 Å². The number of ether oxygens (including phenoxy) is 2. The summed E-state index contributed by atoms with van der Waals surface area (Å²) in [5.41, 5.74) is 1.89. The van der Waals surface area contributed by atoms with Crippen LogP contribution in [-0.4, -0.2) is 38.9 Å². The molecule has 2 aromatic heterocycles. The first-order valence-electron chi connectivity index (χ1n) is 5.82. The van der Waals surface area contributed by atoms with E-state index in [-0.39, 0.29) is 0 Å². The first-order valence-corrected chi connectivity index (χ1v) is 5.82. The lowest BCUT2D eigenvalue weighted by Crippen LogP contribution is -2.10.